The highest BCUT2D eigenvalue weighted by molar-refractivity contribution is 5.69. The third kappa shape index (κ3) is 3.32. The number of piperidine rings is 1. The maximum atomic E-state index is 10.5. The molecule has 1 rings (SSSR count). The Morgan fingerprint density at radius 1 is 1.62 bits per heavy atom. The van der Waals surface area contributed by atoms with Crippen LogP contribution in [-0.4, -0.2) is 48.8 Å². The Bertz CT molecular complexity index is 170. The largest absolute Gasteiger partial charge is 0.480 e. The molecule has 0 amide bonds. The highest BCUT2D eigenvalue weighted by Crippen LogP contribution is 2.16. The van der Waals surface area contributed by atoms with Gasteiger partial charge in [-0.1, -0.05) is 6.42 Å². The normalized spacial score (nSPS) is 24.5. The molecule has 0 spiro atoms. The number of likely N-dealkylation sites (tertiary alicyclic amines) is 1. The Morgan fingerprint density at radius 3 is 3.00 bits per heavy atom. The molecule has 0 aromatic heterocycles. The molecule has 76 valence electrons. The monoisotopic (exact) mass is 187 g/mol. The Kier molecular flexibility index (Phi) is 4.18. The van der Waals surface area contributed by atoms with E-state index in [9.17, 15) is 4.79 Å². The predicted octanol–water partition coefficient (Wildman–Crippen LogP) is 0.572. The fraction of sp³-hybridized carbons (Fsp3) is 0.889. The Balaban J connectivity index is 2.41. The van der Waals surface area contributed by atoms with E-state index in [1.165, 1.54) is 6.42 Å². The number of hydrogen-bond acceptors (Lipinski definition) is 3. The summed E-state index contributed by atoms with van der Waals surface area (Å²) in [5.74, 6) is -0.747. The highest BCUT2D eigenvalue weighted by Gasteiger charge is 2.23. The van der Waals surface area contributed by atoms with E-state index in [0.29, 0.717) is 12.6 Å². The van der Waals surface area contributed by atoms with E-state index in [1.807, 2.05) is 4.90 Å². The Morgan fingerprint density at radius 2 is 2.38 bits per heavy atom. The molecule has 1 heterocycles. The van der Waals surface area contributed by atoms with Crippen molar-refractivity contribution in [3.8, 4) is 0 Å². The molecule has 1 aliphatic heterocycles. The van der Waals surface area contributed by atoms with Crippen LogP contribution >= 0.6 is 0 Å². The molecule has 4 heteroatoms. The predicted molar refractivity (Wildman–Crippen MR) is 48.7 cm³/mol. The minimum absolute atomic E-state index is 0.147. The van der Waals surface area contributed by atoms with E-state index in [0.717, 1.165) is 19.4 Å². The lowest BCUT2D eigenvalue weighted by Crippen LogP contribution is -2.44. The number of ether oxygens (including phenoxy) is 1. The van der Waals surface area contributed by atoms with Gasteiger partial charge < -0.3 is 9.84 Å². The van der Waals surface area contributed by atoms with Crippen molar-refractivity contribution in [2.24, 2.45) is 0 Å². The molecule has 0 aromatic rings. The minimum atomic E-state index is -0.747. The van der Waals surface area contributed by atoms with Crippen molar-refractivity contribution in [2.75, 3.05) is 26.8 Å². The molecular weight excluding hydrogens is 170 g/mol. The molecule has 0 aromatic carbocycles. The van der Waals surface area contributed by atoms with Crippen molar-refractivity contribution in [2.45, 2.75) is 25.3 Å². The van der Waals surface area contributed by atoms with Gasteiger partial charge >= 0.3 is 5.97 Å². The third-order valence-corrected chi connectivity index (χ3v) is 2.45. The van der Waals surface area contributed by atoms with Crippen LogP contribution in [0.4, 0.5) is 0 Å². The first-order valence-corrected chi connectivity index (χ1v) is 4.69. The summed E-state index contributed by atoms with van der Waals surface area (Å²) in [7, 11) is 1.66. The van der Waals surface area contributed by atoms with Gasteiger partial charge in [0.05, 0.1) is 13.2 Å². The molecular formula is C9H17NO3. The van der Waals surface area contributed by atoms with Gasteiger partial charge in [-0.2, -0.15) is 0 Å². The van der Waals surface area contributed by atoms with E-state index >= 15 is 0 Å². The molecule has 0 radical (unpaired) electrons. The smallest absolute Gasteiger partial charge is 0.317 e. The molecule has 0 aliphatic carbocycles. The molecule has 0 bridgehead atoms. The lowest BCUT2D eigenvalue weighted by Gasteiger charge is -2.33. The summed E-state index contributed by atoms with van der Waals surface area (Å²) in [6.45, 7) is 1.68. The van der Waals surface area contributed by atoms with E-state index in [2.05, 4.69) is 0 Å². The summed E-state index contributed by atoms with van der Waals surface area (Å²) in [4.78, 5) is 12.5. The summed E-state index contributed by atoms with van der Waals surface area (Å²) in [5, 5.41) is 8.67. The molecule has 0 saturated carbocycles. The second-order valence-electron chi connectivity index (χ2n) is 3.47. The second kappa shape index (κ2) is 5.19. The van der Waals surface area contributed by atoms with Crippen LogP contribution in [0.25, 0.3) is 0 Å². The SMILES string of the molecule is COCC1CCCCN1CC(=O)O. The van der Waals surface area contributed by atoms with Crippen molar-refractivity contribution in [1.29, 1.82) is 0 Å². The summed E-state index contributed by atoms with van der Waals surface area (Å²) in [5.41, 5.74) is 0. The molecule has 1 saturated heterocycles. The molecule has 1 N–H and O–H groups in total. The van der Waals surface area contributed by atoms with Gasteiger partial charge in [-0.15, -0.1) is 0 Å². The molecule has 1 atom stereocenters. The summed E-state index contributed by atoms with van der Waals surface area (Å²) < 4.78 is 5.06. The number of aliphatic carboxylic acids is 1. The average molecular weight is 187 g/mol. The molecule has 4 nitrogen and oxygen atoms in total. The van der Waals surface area contributed by atoms with Crippen LogP contribution in [0.2, 0.25) is 0 Å². The van der Waals surface area contributed by atoms with Crippen LogP contribution in [0.3, 0.4) is 0 Å². The van der Waals surface area contributed by atoms with Crippen LogP contribution in [-0.2, 0) is 9.53 Å². The Hall–Kier alpha value is -0.610. The molecule has 1 unspecified atom stereocenters. The number of carbonyl (C=O) groups is 1. The first-order chi connectivity index (χ1) is 6.24. The zero-order chi connectivity index (χ0) is 9.68. The van der Waals surface area contributed by atoms with Gasteiger partial charge in [0, 0.05) is 13.2 Å². The van der Waals surface area contributed by atoms with Crippen LogP contribution in [0, 0.1) is 0 Å². The van der Waals surface area contributed by atoms with Gasteiger partial charge in [0.25, 0.3) is 0 Å². The fourth-order valence-corrected chi connectivity index (χ4v) is 1.82. The number of carboxylic acids is 1. The number of carboxylic acid groups (broad SMARTS) is 1. The van der Waals surface area contributed by atoms with E-state index in [4.69, 9.17) is 9.84 Å². The lowest BCUT2D eigenvalue weighted by atomic mass is 10.0. The van der Waals surface area contributed by atoms with Crippen molar-refractivity contribution in [3.05, 3.63) is 0 Å². The van der Waals surface area contributed by atoms with Crippen LogP contribution in [0.5, 0.6) is 0 Å². The minimum Gasteiger partial charge on any atom is -0.480 e. The van der Waals surface area contributed by atoms with Crippen molar-refractivity contribution in [1.82, 2.24) is 4.90 Å². The average Bonchev–Trinajstić information content (AvgIpc) is 2.08. The summed E-state index contributed by atoms with van der Waals surface area (Å²) in [6, 6.07) is 0.301. The first kappa shape index (κ1) is 10.5. The fourth-order valence-electron chi connectivity index (χ4n) is 1.82. The van der Waals surface area contributed by atoms with Crippen molar-refractivity contribution < 1.29 is 14.6 Å². The molecule has 1 fully saturated rings. The zero-order valence-corrected chi connectivity index (χ0v) is 8.03. The zero-order valence-electron chi connectivity index (χ0n) is 8.03. The van der Waals surface area contributed by atoms with Crippen LogP contribution in [0.15, 0.2) is 0 Å². The topological polar surface area (TPSA) is 49.8 Å². The summed E-state index contributed by atoms with van der Waals surface area (Å²) in [6.07, 6.45) is 3.35. The molecule has 13 heavy (non-hydrogen) atoms. The lowest BCUT2D eigenvalue weighted by molar-refractivity contribution is -0.139. The van der Waals surface area contributed by atoms with Crippen molar-refractivity contribution in [3.63, 3.8) is 0 Å². The number of nitrogens with zero attached hydrogens (tertiary/aromatic N) is 1. The third-order valence-electron chi connectivity index (χ3n) is 2.45. The summed E-state index contributed by atoms with van der Waals surface area (Å²) >= 11 is 0. The maximum Gasteiger partial charge on any atom is 0.317 e. The van der Waals surface area contributed by atoms with E-state index < -0.39 is 5.97 Å². The highest BCUT2D eigenvalue weighted by atomic mass is 16.5. The number of hydrogen-bond donors (Lipinski definition) is 1. The second-order valence-corrected chi connectivity index (χ2v) is 3.47. The van der Waals surface area contributed by atoms with Crippen LogP contribution < -0.4 is 0 Å². The van der Waals surface area contributed by atoms with Gasteiger partial charge in [-0.25, -0.2) is 0 Å². The van der Waals surface area contributed by atoms with Crippen molar-refractivity contribution >= 4 is 5.97 Å². The quantitative estimate of drug-likeness (QED) is 0.699. The van der Waals surface area contributed by atoms with Gasteiger partial charge in [0.15, 0.2) is 0 Å². The van der Waals surface area contributed by atoms with Gasteiger partial charge in [0.1, 0.15) is 0 Å². The van der Waals surface area contributed by atoms with Gasteiger partial charge in [0.2, 0.25) is 0 Å². The maximum absolute atomic E-state index is 10.5. The van der Waals surface area contributed by atoms with Gasteiger partial charge in [-0.3, -0.25) is 9.69 Å². The standard InChI is InChI=1S/C9H17NO3/c1-13-7-8-4-2-3-5-10(8)6-9(11)12/h8H,2-7H2,1H3,(H,11,12). The number of methoxy groups -OCH3 is 1. The van der Waals surface area contributed by atoms with E-state index in [-0.39, 0.29) is 6.54 Å². The van der Waals surface area contributed by atoms with Gasteiger partial charge in [-0.05, 0) is 19.4 Å². The molecule has 1 aliphatic rings. The first-order valence-electron chi connectivity index (χ1n) is 4.69. The van der Waals surface area contributed by atoms with E-state index in [1.54, 1.807) is 7.11 Å². The Labute approximate surface area is 78.5 Å². The number of rotatable bonds is 4. The van der Waals surface area contributed by atoms with Crippen LogP contribution in [0.1, 0.15) is 19.3 Å².